The molecule has 0 saturated carbocycles. The van der Waals surface area contributed by atoms with Crippen molar-refractivity contribution in [3.8, 4) is 0 Å². The number of cyclic esters (lactones) is 1. The van der Waals surface area contributed by atoms with Gasteiger partial charge >= 0.3 is 5.97 Å². The minimum atomic E-state index is 0.00736. The van der Waals surface area contributed by atoms with Crippen molar-refractivity contribution in [3.05, 3.63) is 12.7 Å². The normalized spacial score (nSPS) is 26.2. The number of hydrogen-bond acceptors (Lipinski definition) is 2. The Balaban J connectivity index is 2.25. The summed E-state index contributed by atoms with van der Waals surface area (Å²) in [6.45, 7) is 5.83. The van der Waals surface area contributed by atoms with Gasteiger partial charge < -0.3 is 4.74 Å². The molecule has 0 spiro atoms. The SMILES string of the molecule is C=CCC1CC(CCCCC)C(=O)O1. The van der Waals surface area contributed by atoms with Crippen LogP contribution in [0.1, 0.15) is 45.4 Å². The van der Waals surface area contributed by atoms with E-state index in [9.17, 15) is 4.79 Å². The van der Waals surface area contributed by atoms with Gasteiger partial charge in [0.25, 0.3) is 0 Å². The zero-order valence-corrected chi connectivity index (χ0v) is 9.00. The molecule has 0 aromatic carbocycles. The smallest absolute Gasteiger partial charge is 0.309 e. The van der Waals surface area contributed by atoms with Crippen LogP contribution in [0.2, 0.25) is 0 Å². The maximum atomic E-state index is 11.4. The van der Waals surface area contributed by atoms with Crippen LogP contribution < -0.4 is 0 Å². The Labute approximate surface area is 86.3 Å². The average Bonchev–Trinajstić information content (AvgIpc) is 2.48. The van der Waals surface area contributed by atoms with E-state index in [0.29, 0.717) is 0 Å². The third-order valence-corrected chi connectivity index (χ3v) is 2.75. The fraction of sp³-hybridized carbons (Fsp3) is 0.750. The first-order valence-electron chi connectivity index (χ1n) is 5.59. The molecule has 2 unspecified atom stereocenters. The summed E-state index contributed by atoms with van der Waals surface area (Å²) in [5.74, 6) is 0.166. The second-order valence-electron chi connectivity index (χ2n) is 4.01. The molecular weight excluding hydrogens is 176 g/mol. The molecule has 1 heterocycles. The van der Waals surface area contributed by atoms with Crippen LogP contribution in [-0.4, -0.2) is 12.1 Å². The molecule has 14 heavy (non-hydrogen) atoms. The van der Waals surface area contributed by atoms with E-state index < -0.39 is 0 Å². The highest BCUT2D eigenvalue weighted by atomic mass is 16.5. The van der Waals surface area contributed by atoms with Gasteiger partial charge in [0.1, 0.15) is 6.10 Å². The minimum Gasteiger partial charge on any atom is -0.462 e. The van der Waals surface area contributed by atoms with E-state index in [4.69, 9.17) is 4.74 Å². The van der Waals surface area contributed by atoms with Gasteiger partial charge in [-0.1, -0.05) is 32.3 Å². The van der Waals surface area contributed by atoms with Gasteiger partial charge in [0.05, 0.1) is 5.92 Å². The van der Waals surface area contributed by atoms with Gasteiger partial charge in [-0.15, -0.1) is 6.58 Å². The molecule has 1 saturated heterocycles. The van der Waals surface area contributed by atoms with E-state index in [1.165, 1.54) is 12.8 Å². The molecule has 80 valence electrons. The quantitative estimate of drug-likeness (QED) is 0.371. The Hall–Kier alpha value is -0.790. The van der Waals surface area contributed by atoms with Crippen molar-refractivity contribution in [1.82, 2.24) is 0 Å². The van der Waals surface area contributed by atoms with E-state index >= 15 is 0 Å². The van der Waals surface area contributed by atoms with Crippen molar-refractivity contribution in [2.75, 3.05) is 0 Å². The number of ether oxygens (including phenoxy) is 1. The lowest BCUT2D eigenvalue weighted by molar-refractivity contribution is -0.144. The van der Waals surface area contributed by atoms with Crippen LogP contribution in [-0.2, 0) is 9.53 Å². The van der Waals surface area contributed by atoms with Crippen molar-refractivity contribution in [3.63, 3.8) is 0 Å². The highest BCUT2D eigenvalue weighted by Gasteiger charge is 2.32. The molecule has 1 aliphatic heterocycles. The van der Waals surface area contributed by atoms with Crippen LogP contribution in [0.15, 0.2) is 12.7 Å². The van der Waals surface area contributed by atoms with Crippen LogP contribution in [0.3, 0.4) is 0 Å². The van der Waals surface area contributed by atoms with Crippen molar-refractivity contribution in [2.45, 2.75) is 51.6 Å². The standard InChI is InChI=1S/C12H20O2/c1-3-5-6-8-10-9-11(7-4-2)14-12(10)13/h4,10-11H,2-3,5-9H2,1H3. The topological polar surface area (TPSA) is 26.3 Å². The minimum absolute atomic E-state index is 0.00736. The Bertz CT molecular complexity index is 198. The van der Waals surface area contributed by atoms with E-state index in [-0.39, 0.29) is 18.0 Å². The summed E-state index contributed by atoms with van der Waals surface area (Å²) in [5.41, 5.74) is 0. The molecule has 1 fully saturated rings. The molecule has 0 bridgehead atoms. The predicted octanol–water partition coefficient (Wildman–Crippen LogP) is 3.07. The lowest BCUT2D eigenvalue weighted by Gasteiger charge is -2.04. The fourth-order valence-corrected chi connectivity index (χ4v) is 1.93. The first-order valence-corrected chi connectivity index (χ1v) is 5.59. The van der Waals surface area contributed by atoms with Gasteiger partial charge in [-0.05, 0) is 12.8 Å². The van der Waals surface area contributed by atoms with Crippen LogP contribution in [0.25, 0.3) is 0 Å². The molecular formula is C12H20O2. The van der Waals surface area contributed by atoms with E-state index in [0.717, 1.165) is 25.7 Å². The van der Waals surface area contributed by atoms with Crippen LogP contribution in [0.5, 0.6) is 0 Å². The van der Waals surface area contributed by atoms with Gasteiger partial charge in [-0.3, -0.25) is 4.79 Å². The zero-order chi connectivity index (χ0) is 10.4. The number of esters is 1. The molecule has 0 aliphatic carbocycles. The summed E-state index contributed by atoms with van der Waals surface area (Å²) in [5, 5.41) is 0. The number of carbonyl (C=O) groups excluding carboxylic acids is 1. The first-order chi connectivity index (χ1) is 6.77. The van der Waals surface area contributed by atoms with Crippen LogP contribution in [0.4, 0.5) is 0 Å². The molecule has 2 atom stereocenters. The largest absolute Gasteiger partial charge is 0.462 e. The van der Waals surface area contributed by atoms with Crippen molar-refractivity contribution < 1.29 is 9.53 Å². The molecule has 0 aromatic rings. The third-order valence-electron chi connectivity index (χ3n) is 2.75. The van der Waals surface area contributed by atoms with Crippen molar-refractivity contribution in [2.24, 2.45) is 5.92 Å². The first kappa shape index (κ1) is 11.3. The van der Waals surface area contributed by atoms with Gasteiger partial charge in [0, 0.05) is 6.42 Å². The van der Waals surface area contributed by atoms with E-state index in [1.54, 1.807) is 0 Å². The molecule has 0 N–H and O–H groups in total. The third kappa shape index (κ3) is 3.17. The number of hydrogen-bond donors (Lipinski definition) is 0. The summed E-state index contributed by atoms with van der Waals surface area (Å²) in [6, 6.07) is 0. The maximum absolute atomic E-state index is 11.4. The van der Waals surface area contributed by atoms with Gasteiger partial charge in [0.2, 0.25) is 0 Å². The molecule has 0 radical (unpaired) electrons. The molecule has 1 aliphatic rings. The molecule has 1 rings (SSSR count). The summed E-state index contributed by atoms with van der Waals surface area (Å²) in [6.07, 6.45) is 8.20. The maximum Gasteiger partial charge on any atom is 0.309 e. The Kier molecular flexibility index (Phi) is 4.71. The lowest BCUT2D eigenvalue weighted by Crippen LogP contribution is -2.07. The number of unbranched alkanes of at least 4 members (excludes halogenated alkanes) is 2. The highest BCUT2D eigenvalue weighted by molar-refractivity contribution is 5.74. The summed E-state index contributed by atoms with van der Waals surface area (Å²) >= 11 is 0. The van der Waals surface area contributed by atoms with Crippen molar-refractivity contribution >= 4 is 5.97 Å². The average molecular weight is 196 g/mol. The van der Waals surface area contributed by atoms with Gasteiger partial charge in [0.15, 0.2) is 0 Å². The van der Waals surface area contributed by atoms with E-state index in [1.807, 2.05) is 6.08 Å². The highest BCUT2D eigenvalue weighted by Crippen LogP contribution is 2.27. The number of carbonyl (C=O) groups is 1. The van der Waals surface area contributed by atoms with Gasteiger partial charge in [-0.25, -0.2) is 0 Å². The Morgan fingerprint density at radius 2 is 2.36 bits per heavy atom. The monoisotopic (exact) mass is 196 g/mol. The zero-order valence-electron chi connectivity index (χ0n) is 9.00. The Morgan fingerprint density at radius 3 is 3.00 bits per heavy atom. The molecule has 0 aromatic heterocycles. The lowest BCUT2D eigenvalue weighted by atomic mass is 9.97. The second-order valence-corrected chi connectivity index (χ2v) is 4.01. The molecule has 0 amide bonds. The van der Waals surface area contributed by atoms with Gasteiger partial charge in [-0.2, -0.15) is 0 Å². The second kappa shape index (κ2) is 5.84. The molecule has 2 nitrogen and oxygen atoms in total. The van der Waals surface area contributed by atoms with E-state index in [2.05, 4.69) is 13.5 Å². The Morgan fingerprint density at radius 1 is 1.57 bits per heavy atom. The fourth-order valence-electron chi connectivity index (χ4n) is 1.93. The summed E-state index contributed by atoms with van der Waals surface area (Å²) < 4.78 is 5.23. The van der Waals surface area contributed by atoms with Crippen LogP contribution >= 0.6 is 0 Å². The summed E-state index contributed by atoms with van der Waals surface area (Å²) in [7, 11) is 0. The molecule has 2 heteroatoms. The summed E-state index contributed by atoms with van der Waals surface area (Å²) in [4.78, 5) is 11.4. The van der Waals surface area contributed by atoms with Crippen molar-refractivity contribution in [1.29, 1.82) is 0 Å². The predicted molar refractivity (Wildman–Crippen MR) is 56.9 cm³/mol. The number of rotatable bonds is 6. The van der Waals surface area contributed by atoms with Crippen LogP contribution in [0, 0.1) is 5.92 Å².